The first-order chi connectivity index (χ1) is 11.5. The van der Waals surface area contributed by atoms with Gasteiger partial charge >= 0.3 is 0 Å². The molecule has 1 aromatic carbocycles. The molecular formula is C19H24N2O3. The van der Waals surface area contributed by atoms with E-state index in [2.05, 4.69) is 12.1 Å². The monoisotopic (exact) mass is 328 g/mol. The number of carbonyl (C=O) groups excluding carboxylic acids is 2. The Labute approximate surface area is 142 Å². The van der Waals surface area contributed by atoms with Crippen LogP contribution < -0.4 is 10.6 Å². The number of imide groups is 1. The Morgan fingerprint density at radius 3 is 2.83 bits per heavy atom. The molecular weight excluding hydrogens is 304 g/mol. The highest BCUT2D eigenvalue weighted by atomic mass is 16.5. The predicted molar refractivity (Wildman–Crippen MR) is 89.0 cm³/mol. The minimum Gasteiger partial charge on any atom is -0.497 e. The van der Waals surface area contributed by atoms with Crippen LogP contribution in [0.1, 0.15) is 49.7 Å². The van der Waals surface area contributed by atoms with Gasteiger partial charge < -0.3 is 4.74 Å². The van der Waals surface area contributed by atoms with Crippen LogP contribution in [-0.4, -0.2) is 23.9 Å². The summed E-state index contributed by atoms with van der Waals surface area (Å²) in [7, 11) is 1.69. The summed E-state index contributed by atoms with van der Waals surface area (Å²) < 4.78 is 5.35. The van der Waals surface area contributed by atoms with Gasteiger partial charge in [-0.15, -0.1) is 0 Å². The van der Waals surface area contributed by atoms with E-state index in [-0.39, 0.29) is 17.7 Å². The molecule has 0 aromatic heterocycles. The molecule has 2 aliphatic carbocycles. The molecule has 5 heteroatoms. The normalized spacial score (nSPS) is 35.1. The molecule has 5 nitrogen and oxygen atoms in total. The molecule has 3 aliphatic rings. The highest BCUT2D eigenvalue weighted by molar-refractivity contribution is 6.00. The number of ether oxygens (including phenoxy) is 1. The molecule has 4 atom stereocenters. The topological polar surface area (TPSA) is 72.6 Å². The van der Waals surface area contributed by atoms with E-state index in [1.165, 1.54) is 11.1 Å². The molecule has 0 spiro atoms. The molecule has 24 heavy (non-hydrogen) atoms. The number of nitrogens with two attached hydrogens (primary N) is 1. The quantitative estimate of drug-likeness (QED) is 0.488. The SMILES string of the molecule is COc1ccc2c(c1)CC[C@@H]1[C@@H]2CC[C@]2(C)C(=O)N(N)C(=O)C[C@@H]12. The Kier molecular flexibility index (Phi) is 3.46. The summed E-state index contributed by atoms with van der Waals surface area (Å²) in [6.07, 6.45) is 4.17. The van der Waals surface area contributed by atoms with Crippen molar-refractivity contribution in [3.63, 3.8) is 0 Å². The molecule has 1 heterocycles. The van der Waals surface area contributed by atoms with Gasteiger partial charge in [-0.3, -0.25) is 9.59 Å². The summed E-state index contributed by atoms with van der Waals surface area (Å²) in [5.41, 5.74) is 2.24. The summed E-state index contributed by atoms with van der Waals surface area (Å²) in [6, 6.07) is 6.33. The van der Waals surface area contributed by atoms with Gasteiger partial charge in [0.25, 0.3) is 0 Å². The lowest BCUT2D eigenvalue weighted by Crippen LogP contribution is -2.61. The van der Waals surface area contributed by atoms with Crippen molar-refractivity contribution in [2.24, 2.45) is 23.1 Å². The zero-order valence-corrected chi connectivity index (χ0v) is 14.2. The van der Waals surface area contributed by atoms with E-state index in [4.69, 9.17) is 10.6 Å². The van der Waals surface area contributed by atoms with Crippen molar-refractivity contribution in [1.82, 2.24) is 5.01 Å². The third-order valence-corrected chi connectivity index (χ3v) is 6.69. The molecule has 2 N–H and O–H groups in total. The maximum absolute atomic E-state index is 12.7. The Morgan fingerprint density at radius 2 is 2.08 bits per heavy atom. The van der Waals surface area contributed by atoms with E-state index in [9.17, 15) is 9.59 Å². The first-order valence-corrected chi connectivity index (χ1v) is 8.74. The van der Waals surface area contributed by atoms with Gasteiger partial charge in [-0.25, -0.2) is 10.9 Å². The van der Waals surface area contributed by atoms with Crippen molar-refractivity contribution in [2.45, 2.75) is 44.9 Å². The number of hydrogen-bond acceptors (Lipinski definition) is 4. The number of amides is 2. The standard InChI is InChI=1S/C19H24N2O3/c1-19-8-7-14-13-6-4-12(24-2)9-11(13)3-5-15(14)16(19)10-17(22)21(20)18(19)23/h4,6,9,14-16H,3,5,7-8,10,20H2,1-2H3/t14-,15-,16+,19+/m1/s1. The van der Waals surface area contributed by atoms with Gasteiger partial charge in [0, 0.05) is 6.42 Å². The van der Waals surface area contributed by atoms with E-state index < -0.39 is 5.41 Å². The second-order valence-corrected chi connectivity index (χ2v) is 7.71. The zero-order valence-electron chi connectivity index (χ0n) is 14.2. The van der Waals surface area contributed by atoms with Crippen LogP contribution in [0.25, 0.3) is 0 Å². The van der Waals surface area contributed by atoms with E-state index in [0.29, 0.717) is 18.3 Å². The molecule has 128 valence electrons. The van der Waals surface area contributed by atoms with Gasteiger partial charge in [-0.1, -0.05) is 13.0 Å². The minimum atomic E-state index is -0.492. The summed E-state index contributed by atoms with van der Waals surface area (Å²) in [5.74, 6) is 7.10. The van der Waals surface area contributed by atoms with Crippen molar-refractivity contribution in [3.8, 4) is 5.75 Å². The average molecular weight is 328 g/mol. The maximum Gasteiger partial charge on any atom is 0.249 e. The highest BCUT2D eigenvalue weighted by Gasteiger charge is 2.56. The first kappa shape index (κ1) is 15.6. The Bertz CT molecular complexity index is 717. The van der Waals surface area contributed by atoms with Crippen LogP contribution in [0, 0.1) is 17.3 Å². The van der Waals surface area contributed by atoms with Crippen molar-refractivity contribution in [1.29, 1.82) is 0 Å². The third-order valence-electron chi connectivity index (χ3n) is 6.69. The van der Waals surface area contributed by atoms with Gasteiger partial charge in [-0.2, -0.15) is 0 Å². The highest BCUT2D eigenvalue weighted by Crippen LogP contribution is 2.57. The molecule has 1 aromatic rings. The van der Waals surface area contributed by atoms with E-state index in [1.807, 2.05) is 13.0 Å². The van der Waals surface area contributed by atoms with Gasteiger partial charge in [0.2, 0.25) is 11.8 Å². The lowest BCUT2D eigenvalue weighted by molar-refractivity contribution is -0.168. The number of aryl methyl sites for hydroxylation is 1. The number of hydrogen-bond donors (Lipinski definition) is 1. The third kappa shape index (κ3) is 2.04. The van der Waals surface area contributed by atoms with Crippen LogP contribution in [0.2, 0.25) is 0 Å². The maximum atomic E-state index is 12.7. The lowest BCUT2D eigenvalue weighted by atomic mass is 9.52. The van der Waals surface area contributed by atoms with Crippen LogP contribution in [0.15, 0.2) is 18.2 Å². The van der Waals surface area contributed by atoms with Crippen LogP contribution in [0.5, 0.6) is 5.75 Å². The fraction of sp³-hybridized carbons (Fsp3) is 0.579. The van der Waals surface area contributed by atoms with Crippen LogP contribution in [-0.2, 0) is 16.0 Å². The fourth-order valence-electron chi connectivity index (χ4n) is 5.32. The Balaban J connectivity index is 1.70. The summed E-state index contributed by atoms with van der Waals surface area (Å²) in [6.45, 7) is 2.01. The zero-order chi connectivity index (χ0) is 17.1. The molecule has 1 saturated heterocycles. The molecule has 0 unspecified atom stereocenters. The minimum absolute atomic E-state index is 0.103. The number of methoxy groups -OCH3 is 1. The number of benzene rings is 1. The van der Waals surface area contributed by atoms with E-state index in [1.54, 1.807) is 7.11 Å². The molecule has 4 rings (SSSR count). The molecule has 1 saturated carbocycles. The number of carbonyl (C=O) groups is 2. The van der Waals surface area contributed by atoms with Crippen LogP contribution >= 0.6 is 0 Å². The smallest absolute Gasteiger partial charge is 0.249 e. The summed E-state index contributed by atoms with van der Waals surface area (Å²) in [5, 5.41) is 0.860. The number of rotatable bonds is 1. The number of piperidine rings is 1. The average Bonchev–Trinajstić information content (AvgIpc) is 2.60. The van der Waals surface area contributed by atoms with Crippen molar-refractivity contribution < 1.29 is 14.3 Å². The number of nitrogens with zero attached hydrogens (tertiary/aromatic N) is 1. The first-order valence-electron chi connectivity index (χ1n) is 8.74. The molecule has 1 aliphatic heterocycles. The van der Waals surface area contributed by atoms with Crippen molar-refractivity contribution in [2.75, 3.05) is 7.11 Å². The Hall–Kier alpha value is -1.88. The molecule has 0 radical (unpaired) electrons. The largest absolute Gasteiger partial charge is 0.497 e. The van der Waals surface area contributed by atoms with Gasteiger partial charge in [-0.05, 0) is 66.7 Å². The lowest BCUT2D eigenvalue weighted by Gasteiger charge is -2.53. The fourth-order valence-corrected chi connectivity index (χ4v) is 5.32. The number of hydrazine groups is 1. The summed E-state index contributed by atoms with van der Waals surface area (Å²) >= 11 is 0. The second kappa shape index (κ2) is 5.31. The molecule has 2 amide bonds. The van der Waals surface area contributed by atoms with Crippen molar-refractivity contribution in [3.05, 3.63) is 29.3 Å². The van der Waals surface area contributed by atoms with Gasteiger partial charge in [0.15, 0.2) is 0 Å². The van der Waals surface area contributed by atoms with Gasteiger partial charge in [0.1, 0.15) is 5.75 Å². The second-order valence-electron chi connectivity index (χ2n) is 7.71. The van der Waals surface area contributed by atoms with E-state index in [0.717, 1.165) is 36.4 Å². The number of fused-ring (bicyclic) bond motifs is 5. The van der Waals surface area contributed by atoms with Crippen molar-refractivity contribution >= 4 is 11.8 Å². The molecule has 2 fully saturated rings. The molecule has 0 bridgehead atoms. The van der Waals surface area contributed by atoms with E-state index >= 15 is 0 Å². The van der Waals surface area contributed by atoms with Gasteiger partial charge in [0.05, 0.1) is 12.5 Å². The Morgan fingerprint density at radius 1 is 1.29 bits per heavy atom. The van der Waals surface area contributed by atoms with Crippen LogP contribution in [0.3, 0.4) is 0 Å². The van der Waals surface area contributed by atoms with Crippen LogP contribution in [0.4, 0.5) is 0 Å². The predicted octanol–water partition coefficient (Wildman–Crippen LogP) is 2.39. The summed E-state index contributed by atoms with van der Waals surface area (Å²) in [4.78, 5) is 24.8.